The molecule has 0 unspecified atom stereocenters. The van der Waals surface area contributed by atoms with E-state index in [-0.39, 0.29) is 0 Å². The highest BCUT2D eigenvalue weighted by Crippen LogP contribution is 2.21. The Kier molecular flexibility index (Phi) is 1.67. The van der Waals surface area contributed by atoms with Gasteiger partial charge in [-0.1, -0.05) is 0 Å². The fraction of sp³-hybridized carbons (Fsp3) is 1.00. The van der Waals surface area contributed by atoms with Gasteiger partial charge >= 0.3 is 0 Å². The summed E-state index contributed by atoms with van der Waals surface area (Å²) in [6.07, 6.45) is 0. The highest BCUT2D eigenvalue weighted by Gasteiger charge is 2.32. The molecule has 0 rings (SSSR count). The van der Waals surface area contributed by atoms with Crippen molar-refractivity contribution in [2.24, 2.45) is 5.73 Å². The summed E-state index contributed by atoms with van der Waals surface area (Å²) in [4.78, 5) is 0. The van der Waals surface area contributed by atoms with E-state index in [9.17, 15) is 4.39 Å². The molecule has 0 aromatic carbocycles. The first kappa shape index (κ1) is 7.89. The SMILES string of the molecule is CC(C)(N)C(C)(C)F. The van der Waals surface area contributed by atoms with Gasteiger partial charge in [-0.3, -0.25) is 0 Å². The monoisotopic (exact) mass is 119 g/mol. The minimum Gasteiger partial charge on any atom is -0.323 e. The number of hydrogen-bond donors (Lipinski definition) is 1. The lowest BCUT2D eigenvalue weighted by atomic mass is 9.89. The van der Waals surface area contributed by atoms with Crippen LogP contribution in [0.15, 0.2) is 0 Å². The van der Waals surface area contributed by atoms with Crippen LogP contribution in [-0.2, 0) is 0 Å². The van der Waals surface area contributed by atoms with Crippen molar-refractivity contribution in [2.75, 3.05) is 0 Å². The molecule has 50 valence electrons. The maximum absolute atomic E-state index is 12.8. The molecule has 1 nitrogen and oxygen atoms in total. The first-order chi connectivity index (χ1) is 3.25. The van der Waals surface area contributed by atoms with Crippen molar-refractivity contribution in [3.63, 3.8) is 0 Å². The molecule has 0 bridgehead atoms. The molecule has 2 N–H and O–H groups in total. The van der Waals surface area contributed by atoms with E-state index in [0.29, 0.717) is 0 Å². The summed E-state index contributed by atoms with van der Waals surface area (Å²) < 4.78 is 12.8. The van der Waals surface area contributed by atoms with E-state index in [1.165, 1.54) is 13.8 Å². The Morgan fingerprint density at radius 2 is 1.25 bits per heavy atom. The zero-order valence-corrected chi connectivity index (χ0v) is 5.96. The Labute approximate surface area is 50.1 Å². The number of alkyl halides is 1. The molecule has 0 heterocycles. The Hall–Kier alpha value is -0.110. The van der Waals surface area contributed by atoms with Crippen molar-refractivity contribution in [3.8, 4) is 0 Å². The van der Waals surface area contributed by atoms with Crippen molar-refractivity contribution in [3.05, 3.63) is 0 Å². The summed E-state index contributed by atoms with van der Waals surface area (Å²) >= 11 is 0. The van der Waals surface area contributed by atoms with Gasteiger partial charge in [-0.2, -0.15) is 0 Å². The zero-order chi connectivity index (χ0) is 7.00. The molecule has 0 aliphatic rings. The van der Waals surface area contributed by atoms with Crippen molar-refractivity contribution in [1.82, 2.24) is 0 Å². The fourth-order valence-corrected chi connectivity index (χ4v) is 0. The number of nitrogens with two attached hydrogens (primary N) is 1. The van der Waals surface area contributed by atoms with Gasteiger partial charge in [-0.05, 0) is 27.7 Å². The smallest absolute Gasteiger partial charge is 0.122 e. The Balaban J connectivity index is 4.02. The molecular weight excluding hydrogens is 105 g/mol. The van der Waals surface area contributed by atoms with Gasteiger partial charge in [0.1, 0.15) is 5.67 Å². The van der Waals surface area contributed by atoms with E-state index in [1.54, 1.807) is 13.8 Å². The lowest BCUT2D eigenvalue weighted by Crippen LogP contribution is -2.49. The van der Waals surface area contributed by atoms with Crippen molar-refractivity contribution in [1.29, 1.82) is 0 Å². The van der Waals surface area contributed by atoms with Crippen LogP contribution in [-0.4, -0.2) is 11.2 Å². The molecule has 0 aromatic rings. The van der Waals surface area contributed by atoms with Gasteiger partial charge in [-0.25, -0.2) is 4.39 Å². The maximum atomic E-state index is 12.8. The average Bonchev–Trinajstić information content (AvgIpc) is 1.25. The molecule has 0 saturated carbocycles. The van der Waals surface area contributed by atoms with Crippen LogP contribution in [0.1, 0.15) is 27.7 Å². The summed E-state index contributed by atoms with van der Waals surface area (Å²) in [5.74, 6) is 0. The van der Waals surface area contributed by atoms with E-state index in [0.717, 1.165) is 0 Å². The number of rotatable bonds is 1. The first-order valence-corrected chi connectivity index (χ1v) is 2.73. The normalized spacial score (nSPS) is 14.2. The fourth-order valence-electron chi connectivity index (χ4n) is 0. The van der Waals surface area contributed by atoms with Gasteiger partial charge in [-0.15, -0.1) is 0 Å². The second kappa shape index (κ2) is 1.69. The van der Waals surface area contributed by atoms with Crippen molar-refractivity contribution >= 4 is 0 Å². The number of halogens is 1. The first-order valence-electron chi connectivity index (χ1n) is 2.73. The Morgan fingerprint density at radius 1 is 1.12 bits per heavy atom. The van der Waals surface area contributed by atoms with E-state index >= 15 is 0 Å². The van der Waals surface area contributed by atoms with Gasteiger partial charge in [0.15, 0.2) is 0 Å². The third-order valence-corrected chi connectivity index (χ3v) is 1.53. The zero-order valence-electron chi connectivity index (χ0n) is 5.96. The maximum Gasteiger partial charge on any atom is 0.122 e. The Morgan fingerprint density at radius 3 is 1.25 bits per heavy atom. The highest BCUT2D eigenvalue weighted by molar-refractivity contribution is 4.90. The second-order valence-corrected chi connectivity index (χ2v) is 3.19. The van der Waals surface area contributed by atoms with Crippen LogP contribution in [0.3, 0.4) is 0 Å². The third kappa shape index (κ3) is 1.78. The van der Waals surface area contributed by atoms with E-state index < -0.39 is 11.2 Å². The van der Waals surface area contributed by atoms with Crippen LogP contribution < -0.4 is 5.73 Å². The molecule has 2 heteroatoms. The molecule has 8 heavy (non-hydrogen) atoms. The standard InChI is InChI=1S/C6H14FN/c1-5(2,7)6(3,4)8/h8H2,1-4H3. The van der Waals surface area contributed by atoms with Crippen LogP contribution in [0.25, 0.3) is 0 Å². The summed E-state index contributed by atoms with van der Waals surface area (Å²) in [5, 5.41) is 0. The molecule has 0 aliphatic carbocycles. The largest absolute Gasteiger partial charge is 0.323 e. The summed E-state index contributed by atoms with van der Waals surface area (Å²) in [5.41, 5.74) is 3.42. The third-order valence-electron chi connectivity index (χ3n) is 1.53. The predicted molar refractivity (Wildman–Crippen MR) is 33.5 cm³/mol. The predicted octanol–water partition coefficient (Wildman–Crippen LogP) is 1.47. The van der Waals surface area contributed by atoms with Gasteiger partial charge in [0.25, 0.3) is 0 Å². The van der Waals surface area contributed by atoms with Crippen LogP contribution in [0.5, 0.6) is 0 Å². The van der Waals surface area contributed by atoms with E-state index in [4.69, 9.17) is 5.73 Å². The second-order valence-electron chi connectivity index (χ2n) is 3.19. The van der Waals surface area contributed by atoms with Gasteiger partial charge < -0.3 is 5.73 Å². The lowest BCUT2D eigenvalue weighted by Gasteiger charge is -2.30. The molecule has 0 atom stereocenters. The van der Waals surface area contributed by atoms with Crippen LogP contribution >= 0.6 is 0 Å². The average molecular weight is 119 g/mol. The number of hydrogen-bond acceptors (Lipinski definition) is 1. The van der Waals surface area contributed by atoms with Crippen LogP contribution in [0, 0.1) is 0 Å². The van der Waals surface area contributed by atoms with Crippen LogP contribution in [0.4, 0.5) is 4.39 Å². The molecule has 0 radical (unpaired) electrons. The van der Waals surface area contributed by atoms with E-state index in [1.807, 2.05) is 0 Å². The minimum absolute atomic E-state index is 0.729. The molecule has 0 aromatic heterocycles. The minimum atomic E-state index is -1.28. The van der Waals surface area contributed by atoms with E-state index in [2.05, 4.69) is 0 Å². The molecule has 0 amide bonds. The summed E-state index contributed by atoms with van der Waals surface area (Å²) in [7, 11) is 0. The molecule has 0 spiro atoms. The van der Waals surface area contributed by atoms with Crippen molar-refractivity contribution in [2.45, 2.75) is 38.9 Å². The van der Waals surface area contributed by atoms with Gasteiger partial charge in [0, 0.05) is 5.54 Å². The van der Waals surface area contributed by atoms with Crippen LogP contribution in [0.2, 0.25) is 0 Å². The molecule has 0 aliphatic heterocycles. The van der Waals surface area contributed by atoms with Crippen molar-refractivity contribution < 1.29 is 4.39 Å². The highest BCUT2D eigenvalue weighted by atomic mass is 19.1. The van der Waals surface area contributed by atoms with Gasteiger partial charge in [0.05, 0.1) is 0 Å². The molecular formula is C6H14FN. The molecule has 0 fully saturated rings. The summed E-state index contributed by atoms with van der Waals surface area (Å²) in [6, 6.07) is 0. The lowest BCUT2D eigenvalue weighted by molar-refractivity contribution is 0.119. The van der Waals surface area contributed by atoms with Gasteiger partial charge in [0.2, 0.25) is 0 Å². The molecule has 0 saturated heterocycles. The quantitative estimate of drug-likeness (QED) is 0.555. The Bertz CT molecular complexity index is 63.5. The topological polar surface area (TPSA) is 26.0 Å². The summed E-state index contributed by atoms with van der Waals surface area (Å²) in [6.45, 7) is 6.31.